The van der Waals surface area contributed by atoms with E-state index in [0.29, 0.717) is 11.8 Å². The van der Waals surface area contributed by atoms with Crippen LogP contribution in [-0.4, -0.2) is 6.17 Å². The zero-order valence-corrected chi connectivity index (χ0v) is 11.2. The minimum Gasteiger partial charge on any atom is -0.247 e. The second kappa shape index (κ2) is 8.08. The van der Waals surface area contributed by atoms with Gasteiger partial charge in [0, 0.05) is 0 Å². The SMILES string of the molecule is CCCCCCC(CCCC)C(F)C1CC1. The van der Waals surface area contributed by atoms with Crippen molar-refractivity contribution in [3.05, 3.63) is 0 Å². The number of unbranched alkanes of at least 4 members (excludes halogenated alkanes) is 4. The molecule has 1 aliphatic rings. The van der Waals surface area contributed by atoms with Crippen molar-refractivity contribution in [3.8, 4) is 0 Å². The lowest BCUT2D eigenvalue weighted by molar-refractivity contribution is 0.174. The maximum atomic E-state index is 14.1. The quantitative estimate of drug-likeness (QED) is 0.432. The first-order valence-electron chi connectivity index (χ1n) is 7.43. The fraction of sp³-hybridized carbons (Fsp3) is 1.00. The van der Waals surface area contributed by atoms with Gasteiger partial charge in [0.2, 0.25) is 0 Å². The average molecular weight is 228 g/mol. The number of hydrogen-bond acceptors (Lipinski definition) is 0. The molecule has 0 nitrogen and oxygen atoms in total. The van der Waals surface area contributed by atoms with E-state index in [-0.39, 0.29) is 0 Å². The summed E-state index contributed by atoms with van der Waals surface area (Å²) in [6, 6.07) is 0. The topological polar surface area (TPSA) is 0 Å². The molecule has 0 aromatic heterocycles. The van der Waals surface area contributed by atoms with E-state index in [1.807, 2.05) is 0 Å². The first-order valence-corrected chi connectivity index (χ1v) is 7.43. The average Bonchev–Trinajstić information content (AvgIpc) is 3.11. The Balaban J connectivity index is 2.19. The van der Waals surface area contributed by atoms with Crippen molar-refractivity contribution in [2.75, 3.05) is 0 Å². The van der Waals surface area contributed by atoms with Gasteiger partial charge in [0.25, 0.3) is 0 Å². The molecule has 1 saturated carbocycles. The van der Waals surface area contributed by atoms with E-state index in [2.05, 4.69) is 13.8 Å². The van der Waals surface area contributed by atoms with Crippen LogP contribution in [0.2, 0.25) is 0 Å². The zero-order chi connectivity index (χ0) is 11.8. The number of alkyl halides is 1. The molecule has 1 rings (SSSR count). The van der Waals surface area contributed by atoms with Crippen LogP contribution in [0.1, 0.15) is 78.1 Å². The molecule has 96 valence electrons. The molecule has 0 heterocycles. The monoisotopic (exact) mass is 228 g/mol. The lowest BCUT2D eigenvalue weighted by Crippen LogP contribution is -2.18. The predicted octanol–water partition coefficient (Wildman–Crippen LogP) is 5.51. The highest BCUT2D eigenvalue weighted by Gasteiger charge is 2.35. The van der Waals surface area contributed by atoms with Gasteiger partial charge in [-0.15, -0.1) is 0 Å². The summed E-state index contributed by atoms with van der Waals surface area (Å²) in [6.07, 6.45) is 11.7. The minimum absolute atomic E-state index is 0.379. The standard InChI is InChI=1S/C15H29F/c1-3-5-7-8-10-13(9-6-4-2)15(16)14-11-12-14/h13-15H,3-12H2,1-2H3. The van der Waals surface area contributed by atoms with Crippen molar-refractivity contribution in [3.63, 3.8) is 0 Å². The van der Waals surface area contributed by atoms with Gasteiger partial charge < -0.3 is 0 Å². The third-order valence-electron chi connectivity index (χ3n) is 3.88. The summed E-state index contributed by atoms with van der Waals surface area (Å²) in [5.41, 5.74) is 0. The highest BCUT2D eigenvalue weighted by Crippen LogP contribution is 2.40. The number of halogens is 1. The Kier molecular flexibility index (Phi) is 7.07. The van der Waals surface area contributed by atoms with Gasteiger partial charge in [-0.3, -0.25) is 0 Å². The van der Waals surface area contributed by atoms with Gasteiger partial charge in [0.05, 0.1) is 0 Å². The van der Waals surface area contributed by atoms with Crippen LogP contribution < -0.4 is 0 Å². The van der Waals surface area contributed by atoms with Gasteiger partial charge in [-0.2, -0.15) is 0 Å². The summed E-state index contributed by atoms with van der Waals surface area (Å²) in [4.78, 5) is 0. The first-order chi connectivity index (χ1) is 7.79. The van der Waals surface area contributed by atoms with Gasteiger partial charge in [-0.1, -0.05) is 52.4 Å². The third-order valence-corrected chi connectivity index (χ3v) is 3.88. The van der Waals surface area contributed by atoms with Crippen molar-refractivity contribution < 1.29 is 4.39 Å². The Morgan fingerprint density at radius 2 is 1.56 bits per heavy atom. The summed E-state index contributed by atoms with van der Waals surface area (Å²) >= 11 is 0. The predicted molar refractivity (Wildman–Crippen MR) is 69.4 cm³/mol. The largest absolute Gasteiger partial charge is 0.247 e. The van der Waals surface area contributed by atoms with Crippen LogP contribution in [0.15, 0.2) is 0 Å². The smallest absolute Gasteiger partial charge is 0.106 e. The van der Waals surface area contributed by atoms with Crippen LogP contribution >= 0.6 is 0 Å². The summed E-state index contributed by atoms with van der Waals surface area (Å²) in [6.45, 7) is 4.44. The van der Waals surface area contributed by atoms with Gasteiger partial charge in [0.15, 0.2) is 0 Å². The van der Waals surface area contributed by atoms with E-state index < -0.39 is 6.17 Å². The van der Waals surface area contributed by atoms with Crippen LogP contribution in [0.5, 0.6) is 0 Å². The molecule has 0 bridgehead atoms. The van der Waals surface area contributed by atoms with Gasteiger partial charge >= 0.3 is 0 Å². The zero-order valence-electron chi connectivity index (χ0n) is 11.2. The lowest BCUT2D eigenvalue weighted by Gasteiger charge is -2.20. The molecule has 0 spiro atoms. The molecule has 0 aromatic rings. The molecule has 0 aromatic carbocycles. The van der Waals surface area contributed by atoms with E-state index >= 15 is 0 Å². The first kappa shape index (κ1) is 14.0. The molecule has 0 radical (unpaired) electrons. The van der Waals surface area contributed by atoms with Crippen LogP contribution in [0, 0.1) is 11.8 Å². The van der Waals surface area contributed by atoms with E-state index in [1.165, 1.54) is 38.5 Å². The van der Waals surface area contributed by atoms with Crippen molar-refractivity contribution in [2.24, 2.45) is 11.8 Å². The molecule has 1 heteroatoms. The van der Waals surface area contributed by atoms with Crippen molar-refractivity contribution in [2.45, 2.75) is 84.2 Å². The molecular weight excluding hydrogens is 199 g/mol. The molecule has 0 N–H and O–H groups in total. The van der Waals surface area contributed by atoms with E-state index in [0.717, 1.165) is 25.7 Å². The molecule has 1 fully saturated rings. The summed E-state index contributed by atoms with van der Waals surface area (Å²) < 4.78 is 14.1. The van der Waals surface area contributed by atoms with Crippen LogP contribution in [0.4, 0.5) is 4.39 Å². The van der Waals surface area contributed by atoms with Crippen LogP contribution in [0.25, 0.3) is 0 Å². The Bertz CT molecular complexity index is 163. The second-order valence-corrected chi connectivity index (χ2v) is 5.53. The van der Waals surface area contributed by atoms with Crippen molar-refractivity contribution in [1.82, 2.24) is 0 Å². The fourth-order valence-corrected chi connectivity index (χ4v) is 2.56. The third kappa shape index (κ3) is 5.32. The highest BCUT2D eigenvalue weighted by molar-refractivity contribution is 4.85. The Hall–Kier alpha value is -0.0700. The van der Waals surface area contributed by atoms with E-state index in [9.17, 15) is 4.39 Å². The Morgan fingerprint density at radius 3 is 2.12 bits per heavy atom. The summed E-state index contributed by atoms with van der Waals surface area (Å²) in [5.74, 6) is 0.817. The van der Waals surface area contributed by atoms with E-state index in [4.69, 9.17) is 0 Å². The van der Waals surface area contributed by atoms with Gasteiger partial charge in [-0.05, 0) is 37.5 Å². The number of hydrogen-bond donors (Lipinski definition) is 0. The fourth-order valence-electron chi connectivity index (χ4n) is 2.56. The molecule has 2 atom stereocenters. The van der Waals surface area contributed by atoms with E-state index in [1.54, 1.807) is 0 Å². The highest BCUT2D eigenvalue weighted by atomic mass is 19.1. The summed E-state index contributed by atoms with van der Waals surface area (Å²) in [5, 5.41) is 0. The molecule has 0 saturated heterocycles. The Morgan fingerprint density at radius 1 is 0.938 bits per heavy atom. The minimum atomic E-state index is -0.479. The summed E-state index contributed by atoms with van der Waals surface area (Å²) in [7, 11) is 0. The maximum absolute atomic E-state index is 14.1. The van der Waals surface area contributed by atoms with Crippen LogP contribution in [0.3, 0.4) is 0 Å². The second-order valence-electron chi connectivity index (χ2n) is 5.53. The maximum Gasteiger partial charge on any atom is 0.106 e. The normalized spacial score (nSPS) is 19.7. The Labute approximate surface area is 101 Å². The molecular formula is C15H29F. The molecule has 0 amide bonds. The molecule has 0 aliphatic heterocycles. The lowest BCUT2D eigenvalue weighted by atomic mass is 9.89. The van der Waals surface area contributed by atoms with Crippen molar-refractivity contribution in [1.29, 1.82) is 0 Å². The van der Waals surface area contributed by atoms with Gasteiger partial charge in [-0.25, -0.2) is 4.39 Å². The van der Waals surface area contributed by atoms with Crippen molar-refractivity contribution >= 4 is 0 Å². The van der Waals surface area contributed by atoms with Gasteiger partial charge in [0.1, 0.15) is 6.17 Å². The molecule has 1 aliphatic carbocycles. The molecule has 16 heavy (non-hydrogen) atoms. The van der Waals surface area contributed by atoms with Crippen LogP contribution in [-0.2, 0) is 0 Å². The number of rotatable bonds is 10. The molecule has 2 unspecified atom stereocenters.